The van der Waals surface area contributed by atoms with Crippen molar-refractivity contribution in [3.63, 3.8) is 0 Å². The Kier molecular flexibility index (Phi) is 2.25. The Morgan fingerprint density at radius 1 is 1.30 bits per heavy atom. The van der Waals surface area contributed by atoms with E-state index in [0.29, 0.717) is 6.42 Å². The molecule has 1 saturated carbocycles. The molecule has 4 heteroatoms. The van der Waals surface area contributed by atoms with Crippen molar-refractivity contribution >= 4 is 0 Å². The van der Waals surface area contributed by atoms with Gasteiger partial charge in [-0.2, -0.15) is 0 Å². The maximum atomic E-state index is 9.10. The second-order valence-electron chi connectivity index (χ2n) is 2.77. The van der Waals surface area contributed by atoms with Crippen LogP contribution in [0.4, 0.5) is 0 Å². The van der Waals surface area contributed by atoms with Gasteiger partial charge in [-0.05, 0) is 6.42 Å². The first-order valence-corrected chi connectivity index (χ1v) is 3.35. The fraction of sp³-hybridized carbons (Fsp3) is 1.00. The van der Waals surface area contributed by atoms with Crippen molar-refractivity contribution in [3.05, 3.63) is 0 Å². The summed E-state index contributed by atoms with van der Waals surface area (Å²) in [6.07, 6.45) is -1.50. The predicted molar refractivity (Wildman–Crippen MR) is 34.1 cm³/mol. The van der Waals surface area contributed by atoms with Gasteiger partial charge < -0.3 is 15.3 Å². The van der Waals surface area contributed by atoms with Gasteiger partial charge >= 0.3 is 0 Å². The average Bonchev–Trinajstić information content (AvgIpc) is 2.17. The second kappa shape index (κ2) is 2.84. The van der Waals surface area contributed by atoms with Crippen molar-refractivity contribution in [1.29, 1.82) is 0 Å². The minimum absolute atomic E-state index is 0.145. The van der Waals surface area contributed by atoms with Crippen LogP contribution >= 0.6 is 0 Å². The Hall–Kier alpha value is -0.160. The van der Waals surface area contributed by atoms with Gasteiger partial charge in [0.15, 0.2) is 0 Å². The molecule has 0 unspecified atom stereocenters. The Morgan fingerprint density at radius 3 is 2.10 bits per heavy atom. The van der Waals surface area contributed by atoms with Crippen LogP contribution in [0, 0.1) is 5.92 Å². The number of aliphatic hydroxyl groups is 3. The van der Waals surface area contributed by atoms with Crippen molar-refractivity contribution < 1.29 is 15.3 Å². The average molecular weight is 146 g/mol. The highest BCUT2D eigenvalue weighted by molar-refractivity contribution is 4.92. The van der Waals surface area contributed by atoms with Crippen molar-refractivity contribution in [3.8, 4) is 0 Å². The normalized spacial score (nSPS) is 48.0. The number of hydrogen-bond acceptors (Lipinski definition) is 3. The molecular weight excluding hydrogens is 134 g/mol. The summed E-state index contributed by atoms with van der Waals surface area (Å²) in [5.74, 6) is -0.308. The molecule has 0 aromatic heterocycles. The predicted octanol–water partition coefficient (Wildman–Crippen LogP) is -1.63. The molecule has 4 nitrogen and oxygen atoms in total. The van der Waals surface area contributed by atoms with Gasteiger partial charge in [0.05, 0.1) is 18.2 Å². The Bertz CT molecular complexity index is 120. The van der Waals surface area contributed by atoms with E-state index < -0.39 is 18.2 Å². The van der Waals surface area contributed by atoms with E-state index in [9.17, 15) is 0 Å². The van der Waals surface area contributed by atoms with Gasteiger partial charge in [-0.3, -0.25) is 5.73 Å². The summed E-state index contributed by atoms with van der Waals surface area (Å²) >= 11 is 0. The molecule has 1 aliphatic rings. The Labute approximate surface area is 59.3 Å². The molecule has 0 aliphatic heterocycles. The number of rotatable bonds is 1. The van der Waals surface area contributed by atoms with E-state index >= 15 is 0 Å². The molecule has 0 aromatic rings. The molecule has 0 heterocycles. The molecule has 10 heavy (non-hydrogen) atoms. The van der Waals surface area contributed by atoms with Gasteiger partial charge in [0.25, 0.3) is 0 Å². The molecule has 0 spiro atoms. The first-order chi connectivity index (χ1) is 4.66. The van der Waals surface area contributed by atoms with Crippen LogP contribution in [-0.4, -0.2) is 40.2 Å². The van der Waals surface area contributed by atoms with E-state index in [1.54, 1.807) is 0 Å². The van der Waals surface area contributed by atoms with Gasteiger partial charge in [-0.15, -0.1) is 0 Å². The van der Waals surface area contributed by atoms with Crippen LogP contribution in [0.25, 0.3) is 0 Å². The second-order valence-corrected chi connectivity index (χ2v) is 2.77. The summed E-state index contributed by atoms with van der Waals surface area (Å²) in [5.41, 5.74) is 7.18. The van der Waals surface area contributed by atoms with Gasteiger partial charge in [-0.25, -0.2) is 0 Å². The first kappa shape index (κ1) is 7.94. The monoisotopic (exact) mass is 146 g/mol. The van der Waals surface area contributed by atoms with E-state index in [0.717, 1.165) is 0 Å². The van der Waals surface area contributed by atoms with Crippen LogP contribution in [0.15, 0.2) is 0 Å². The highest BCUT2D eigenvalue weighted by atomic mass is 16.3. The maximum Gasteiger partial charge on any atom is 0.0968 e. The number of aliphatic hydroxyl groups excluding tert-OH is 3. The van der Waals surface area contributed by atoms with Crippen molar-refractivity contribution in [2.24, 2.45) is 5.92 Å². The van der Waals surface area contributed by atoms with Crippen molar-refractivity contribution in [2.45, 2.75) is 24.7 Å². The zero-order valence-electron chi connectivity index (χ0n) is 5.57. The molecule has 0 aromatic carbocycles. The first-order valence-electron chi connectivity index (χ1n) is 3.35. The summed E-state index contributed by atoms with van der Waals surface area (Å²) in [5, 5.41) is 26.7. The molecule has 1 radical (unpaired) electrons. The zero-order valence-corrected chi connectivity index (χ0v) is 5.57. The van der Waals surface area contributed by atoms with Gasteiger partial charge in [-0.1, -0.05) is 0 Å². The van der Waals surface area contributed by atoms with Gasteiger partial charge in [0.2, 0.25) is 0 Å². The molecule has 4 atom stereocenters. The molecule has 1 fully saturated rings. The quantitative estimate of drug-likeness (QED) is 0.415. The Balaban J connectivity index is 2.53. The molecule has 0 bridgehead atoms. The molecular formula is C6H12NO3. The van der Waals surface area contributed by atoms with Gasteiger partial charge in [0.1, 0.15) is 0 Å². The molecule has 1 aliphatic carbocycles. The van der Waals surface area contributed by atoms with Crippen LogP contribution in [-0.2, 0) is 0 Å². The van der Waals surface area contributed by atoms with Gasteiger partial charge in [0, 0.05) is 12.5 Å². The molecule has 59 valence electrons. The van der Waals surface area contributed by atoms with Crippen LogP contribution in [0.5, 0.6) is 0 Å². The van der Waals surface area contributed by atoms with E-state index in [2.05, 4.69) is 0 Å². The SMILES string of the molecule is [NH][C@@H]1C[C@H](CO)[C@@H](O)[C@H]1O. The van der Waals surface area contributed by atoms with Crippen LogP contribution in [0.3, 0.4) is 0 Å². The lowest BCUT2D eigenvalue weighted by Crippen LogP contribution is -2.31. The topological polar surface area (TPSA) is 84.5 Å². The minimum Gasteiger partial charge on any atom is -0.396 e. The summed E-state index contributed by atoms with van der Waals surface area (Å²) < 4.78 is 0. The van der Waals surface area contributed by atoms with Crippen molar-refractivity contribution in [1.82, 2.24) is 5.73 Å². The fourth-order valence-electron chi connectivity index (χ4n) is 1.30. The van der Waals surface area contributed by atoms with Crippen LogP contribution < -0.4 is 5.73 Å². The highest BCUT2D eigenvalue weighted by Gasteiger charge is 2.39. The third-order valence-electron chi connectivity index (χ3n) is 2.04. The lowest BCUT2D eigenvalue weighted by atomic mass is 10.1. The Morgan fingerprint density at radius 2 is 1.90 bits per heavy atom. The zero-order chi connectivity index (χ0) is 7.72. The van der Waals surface area contributed by atoms with E-state index in [1.165, 1.54) is 0 Å². The minimum atomic E-state index is -0.975. The van der Waals surface area contributed by atoms with E-state index in [1.807, 2.05) is 0 Å². The highest BCUT2D eigenvalue weighted by Crippen LogP contribution is 2.25. The van der Waals surface area contributed by atoms with Crippen molar-refractivity contribution in [2.75, 3.05) is 6.61 Å². The fourth-order valence-corrected chi connectivity index (χ4v) is 1.30. The summed E-state index contributed by atoms with van der Waals surface area (Å²) in [6.45, 7) is -0.145. The van der Waals surface area contributed by atoms with E-state index in [-0.39, 0.29) is 12.5 Å². The summed E-state index contributed by atoms with van der Waals surface area (Å²) in [7, 11) is 0. The lowest BCUT2D eigenvalue weighted by Gasteiger charge is -2.12. The molecule has 0 saturated heterocycles. The smallest absolute Gasteiger partial charge is 0.0968 e. The molecule has 1 rings (SSSR count). The standard InChI is InChI=1S/C6H12NO3/c7-4-1-3(2-8)5(9)6(4)10/h3-10H,1-2H2/t3-,4-,5-,6+/m1/s1. The lowest BCUT2D eigenvalue weighted by molar-refractivity contribution is 0.00243. The molecule has 4 N–H and O–H groups in total. The van der Waals surface area contributed by atoms with Crippen LogP contribution in [0.2, 0.25) is 0 Å². The maximum absolute atomic E-state index is 9.10. The number of nitrogens with one attached hydrogen (secondary N) is 1. The summed E-state index contributed by atoms with van der Waals surface area (Å²) in [4.78, 5) is 0. The summed E-state index contributed by atoms with van der Waals surface area (Å²) in [6, 6.07) is -0.632. The third kappa shape index (κ3) is 1.15. The largest absolute Gasteiger partial charge is 0.396 e. The van der Waals surface area contributed by atoms with Crippen LogP contribution in [0.1, 0.15) is 6.42 Å². The number of hydrogen-bond donors (Lipinski definition) is 3. The molecule has 0 amide bonds. The third-order valence-corrected chi connectivity index (χ3v) is 2.04. The van der Waals surface area contributed by atoms with E-state index in [4.69, 9.17) is 21.1 Å².